The van der Waals surface area contributed by atoms with Crippen LogP contribution in [-0.2, 0) is 14.8 Å². The number of nitrogens with one attached hydrogen (secondary N) is 1. The van der Waals surface area contributed by atoms with Gasteiger partial charge in [-0.25, -0.2) is 8.42 Å². The van der Waals surface area contributed by atoms with Crippen LogP contribution in [0.4, 0.5) is 0 Å². The molecular weight excluding hydrogens is 201 g/mol. The van der Waals surface area contributed by atoms with Gasteiger partial charge in [-0.2, -0.15) is 4.72 Å². The Bertz CT molecular complexity index is 224. The van der Waals surface area contributed by atoms with E-state index in [1.807, 2.05) is 0 Å². The number of rotatable bonds is 3. The molecule has 7 heteroatoms. The molecule has 0 aliphatic carbocycles. The highest BCUT2D eigenvalue weighted by Gasteiger charge is 2.16. The summed E-state index contributed by atoms with van der Waals surface area (Å²) in [5.74, 6) is 0. The van der Waals surface area contributed by atoms with Crippen molar-refractivity contribution >= 4 is 38.5 Å². The molecule has 0 aromatic rings. The summed E-state index contributed by atoms with van der Waals surface area (Å²) in [6, 6.07) is 0. The van der Waals surface area contributed by atoms with E-state index in [4.69, 9.17) is 23.2 Å². The van der Waals surface area contributed by atoms with Crippen molar-refractivity contribution in [3.63, 3.8) is 0 Å². The molecule has 0 saturated carbocycles. The Morgan fingerprint density at radius 3 is 2.10 bits per heavy atom. The van der Waals surface area contributed by atoms with Gasteiger partial charge >= 0.3 is 0 Å². The van der Waals surface area contributed by atoms with Crippen LogP contribution in [0.1, 0.15) is 0 Å². The fourth-order valence-corrected chi connectivity index (χ4v) is 1.32. The van der Waals surface area contributed by atoms with Crippen molar-refractivity contribution < 1.29 is 13.2 Å². The number of halogens is 2. The SMILES string of the molecule is CS(=O)(=O)NC(Cl)C(=O)Cl. The first-order valence-electron chi connectivity index (χ1n) is 2.13. The smallest absolute Gasteiger partial charge is 0.254 e. The summed E-state index contributed by atoms with van der Waals surface area (Å²) in [5.41, 5.74) is -1.38. The van der Waals surface area contributed by atoms with Crippen molar-refractivity contribution in [1.82, 2.24) is 4.72 Å². The van der Waals surface area contributed by atoms with Gasteiger partial charge < -0.3 is 0 Å². The van der Waals surface area contributed by atoms with Crippen molar-refractivity contribution in [2.24, 2.45) is 0 Å². The Balaban J connectivity index is 4.06. The predicted octanol–water partition coefficient (Wildman–Crippen LogP) is -0.134. The van der Waals surface area contributed by atoms with Crippen molar-refractivity contribution in [3.8, 4) is 0 Å². The van der Waals surface area contributed by atoms with Gasteiger partial charge in [0.05, 0.1) is 6.26 Å². The first-order valence-corrected chi connectivity index (χ1v) is 4.84. The zero-order valence-corrected chi connectivity index (χ0v) is 7.29. The van der Waals surface area contributed by atoms with E-state index in [-0.39, 0.29) is 0 Å². The standard InChI is InChI=1S/C3H5Cl2NO3S/c1-10(8,9)6-2(4)3(5)7/h2,6H,1H3. The lowest BCUT2D eigenvalue weighted by Crippen LogP contribution is -2.33. The fourth-order valence-electron chi connectivity index (χ4n) is 0.234. The lowest BCUT2D eigenvalue weighted by molar-refractivity contribution is -0.111. The van der Waals surface area contributed by atoms with Crippen LogP contribution in [0, 0.1) is 0 Å². The lowest BCUT2D eigenvalue weighted by Gasteiger charge is -2.02. The number of sulfonamides is 1. The van der Waals surface area contributed by atoms with Gasteiger partial charge in [-0.05, 0) is 11.6 Å². The van der Waals surface area contributed by atoms with Gasteiger partial charge in [0.25, 0.3) is 5.24 Å². The summed E-state index contributed by atoms with van der Waals surface area (Å²) < 4.78 is 22.5. The molecule has 0 saturated heterocycles. The van der Waals surface area contributed by atoms with Gasteiger partial charge in [-0.15, -0.1) is 0 Å². The van der Waals surface area contributed by atoms with E-state index in [1.54, 1.807) is 4.72 Å². The van der Waals surface area contributed by atoms with Crippen LogP contribution in [0.3, 0.4) is 0 Å². The van der Waals surface area contributed by atoms with Crippen LogP contribution in [0.5, 0.6) is 0 Å². The molecule has 4 nitrogen and oxygen atoms in total. The summed E-state index contributed by atoms with van der Waals surface area (Å²) in [4.78, 5) is 10.1. The molecule has 1 atom stereocenters. The van der Waals surface area contributed by atoms with Gasteiger partial charge in [0.1, 0.15) is 0 Å². The number of alkyl halides is 1. The Hall–Kier alpha value is 0.160. The average Bonchev–Trinajstić information content (AvgIpc) is 1.60. The highest BCUT2D eigenvalue weighted by molar-refractivity contribution is 7.88. The second-order valence-corrected chi connectivity index (χ2v) is 4.15. The highest BCUT2D eigenvalue weighted by Crippen LogP contribution is 1.97. The van der Waals surface area contributed by atoms with Crippen LogP contribution in [0.2, 0.25) is 0 Å². The number of hydrogen-bond acceptors (Lipinski definition) is 3. The first-order chi connectivity index (χ1) is 4.33. The molecule has 0 spiro atoms. The highest BCUT2D eigenvalue weighted by atomic mass is 35.5. The third-order valence-corrected chi connectivity index (χ3v) is 1.95. The second-order valence-electron chi connectivity index (χ2n) is 1.56. The first kappa shape index (κ1) is 10.2. The Labute approximate surface area is 68.5 Å². The van der Waals surface area contributed by atoms with Crippen molar-refractivity contribution in [3.05, 3.63) is 0 Å². The Kier molecular flexibility index (Phi) is 3.58. The van der Waals surface area contributed by atoms with Gasteiger partial charge in [0.15, 0.2) is 5.50 Å². The number of carbonyl (C=O) groups is 1. The minimum Gasteiger partial charge on any atom is -0.278 e. The summed E-state index contributed by atoms with van der Waals surface area (Å²) in [7, 11) is -3.46. The predicted molar refractivity (Wildman–Crippen MR) is 38.5 cm³/mol. The van der Waals surface area contributed by atoms with Crippen LogP contribution < -0.4 is 4.72 Å². The quantitative estimate of drug-likeness (QED) is 0.397. The normalized spacial score (nSPS) is 14.7. The minimum absolute atomic E-state index is 0.877. The maximum Gasteiger partial charge on any atom is 0.254 e. The van der Waals surface area contributed by atoms with E-state index in [0.29, 0.717) is 0 Å². The molecule has 0 bridgehead atoms. The van der Waals surface area contributed by atoms with Crippen LogP contribution in [0.25, 0.3) is 0 Å². The summed E-state index contributed by atoms with van der Waals surface area (Å²) in [6.45, 7) is 0. The van der Waals surface area contributed by atoms with Crippen molar-refractivity contribution in [2.45, 2.75) is 5.50 Å². The number of carbonyl (C=O) groups excluding carboxylic acids is 1. The molecule has 0 amide bonds. The van der Waals surface area contributed by atoms with Gasteiger partial charge in [-0.3, -0.25) is 4.79 Å². The molecule has 1 N–H and O–H groups in total. The minimum atomic E-state index is -3.46. The lowest BCUT2D eigenvalue weighted by atomic mass is 10.8. The molecule has 0 aliphatic heterocycles. The molecule has 0 aromatic carbocycles. The summed E-state index contributed by atoms with van der Waals surface area (Å²) in [5, 5.41) is -0.952. The third-order valence-electron chi connectivity index (χ3n) is 0.517. The molecule has 60 valence electrons. The average molecular weight is 206 g/mol. The zero-order chi connectivity index (χ0) is 8.36. The largest absolute Gasteiger partial charge is 0.278 e. The maximum absolute atomic E-state index is 10.3. The van der Waals surface area contributed by atoms with Gasteiger partial charge in [0, 0.05) is 0 Å². The summed E-state index contributed by atoms with van der Waals surface area (Å²) >= 11 is 9.97. The maximum atomic E-state index is 10.3. The molecule has 0 radical (unpaired) electrons. The van der Waals surface area contributed by atoms with Crippen LogP contribution in [0.15, 0.2) is 0 Å². The molecule has 0 heterocycles. The Morgan fingerprint density at radius 1 is 1.60 bits per heavy atom. The molecule has 0 fully saturated rings. The van der Waals surface area contributed by atoms with E-state index in [1.165, 1.54) is 0 Å². The van der Waals surface area contributed by atoms with Crippen molar-refractivity contribution in [2.75, 3.05) is 6.26 Å². The van der Waals surface area contributed by atoms with Gasteiger partial charge in [-0.1, -0.05) is 11.6 Å². The molecule has 10 heavy (non-hydrogen) atoms. The van der Waals surface area contributed by atoms with Gasteiger partial charge in [0.2, 0.25) is 10.0 Å². The topological polar surface area (TPSA) is 63.2 Å². The van der Waals surface area contributed by atoms with E-state index in [2.05, 4.69) is 0 Å². The van der Waals surface area contributed by atoms with Crippen molar-refractivity contribution in [1.29, 1.82) is 0 Å². The fraction of sp³-hybridized carbons (Fsp3) is 0.667. The third kappa shape index (κ3) is 4.99. The molecule has 0 aromatic heterocycles. The van der Waals surface area contributed by atoms with E-state index in [0.717, 1.165) is 6.26 Å². The molecule has 1 unspecified atom stereocenters. The van der Waals surface area contributed by atoms with E-state index >= 15 is 0 Å². The molecule has 0 rings (SSSR count). The molecule has 0 aliphatic rings. The monoisotopic (exact) mass is 205 g/mol. The van der Waals surface area contributed by atoms with Crippen LogP contribution in [-0.4, -0.2) is 25.4 Å². The summed E-state index contributed by atoms with van der Waals surface area (Å²) in [6.07, 6.45) is 0.877. The van der Waals surface area contributed by atoms with E-state index < -0.39 is 20.8 Å². The van der Waals surface area contributed by atoms with Crippen LogP contribution >= 0.6 is 23.2 Å². The molecular formula is C3H5Cl2NO3S. The number of hydrogen-bond donors (Lipinski definition) is 1. The Morgan fingerprint density at radius 2 is 2.00 bits per heavy atom. The second kappa shape index (κ2) is 3.52. The zero-order valence-electron chi connectivity index (χ0n) is 4.97. The van der Waals surface area contributed by atoms with E-state index in [9.17, 15) is 13.2 Å².